The van der Waals surface area contributed by atoms with E-state index in [9.17, 15) is 9.59 Å². The number of para-hydroxylation sites is 2. The van der Waals surface area contributed by atoms with E-state index in [0.29, 0.717) is 11.3 Å². The third kappa shape index (κ3) is 3.95. The molecule has 5 aromatic carbocycles. The summed E-state index contributed by atoms with van der Waals surface area (Å²) in [6.45, 7) is 0. The summed E-state index contributed by atoms with van der Waals surface area (Å²) in [6, 6.07) is 39.2. The molecule has 36 heavy (non-hydrogen) atoms. The molecule has 0 saturated heterocycles. The Kier molecular flexibility index (Phi) is 5.39. The minimum absolute atomic E-state index is 0.0218. The van der Waals surface area contributed by atoms with E-state index in [0.717, 1.165) is 33.4 Å². The lowest BCUT2D eigenvalue weighted by molar-refractivity contribution is -0.130. The normalized spacial score (nSPS) is 13.9. The minimum Gasteiger partial charge on any atom is -0.422 e. The fourth-order valence-corrected chi connectivity index (χ4v) is 4.49. The molecule has 6 rings (SSSR count). The van der Waals surface area contributed by atoms with Crippen LogP contribution >= 0.6 is 0 Å². The summed E-state index contributed by atoms with van der Waals surface area (Å²) in [5, 5.41) is 1.84. The number of esters is 1. The Bertz CT molecular complexity index is 1580. The number of carbonyl (C=O) groups excluding carboxylic acids is 2. The number of hydrogen-bond donors (Lipinski definition) is 0. The van der Waals surface area contributed by atoms with Crippen molar-refractivity contribution < 1.29 is 14.3 Å². The van der Waals surface area contributed by atoms with Gasteiger partial charge in [-0.25, -0.2) is 4.79 Å². The summed E-state index contributed by atoms with van der Waals surface area (Å²) >= 11 is 0. The van der Waals surface area contributed by atoms with Crippen molar-refractivity contribution in [3.05, 3.63) is 138 Å². The van der Waals surface area contributed by atoms with Crippen molar-refractivity contribution in [1.82, 2.24) is 0 Å². The van der Waals surface area contributed by atoms with Gasteiger partial charge < -0.3 is 9.64 Å². The molecule has 0 unspecified atom stereocenters. The fourth-order valence-electron chi connectivity index (χ4n) is 4.49. The van der Waals surface area contributed by atoms with Crippen LogP contribution in [-0.2, 0) is 4.79 Å². The van der Waals surface area contributed by atoms with Gasteiger partial charge in [-0.2, -0.15) is 0 Å². The monoisotopic (exact) mass is 467 g/mol. The highest BCUT2D eigenvalue weighted by Crippen LogP contribution is 2.35. The second-order valence-corrected chi connectivity index (χ2v) is 8.57. The van der Waals surface area contributed by atoms with Crippen LogP contribution in [0, 0.1) is 0 Å². The van der Waals surface area contributed by atoms with Crippen LogP contribution in [0.4, 0.5) is 17.1 Å². The maximum absolute atomic E-state index is 13.2. The molecule has 0 bridgehead atoms. The molecule has 1 heterocycles. The van der Waals surface area contributed by atoms with Gasteiger partial charge in [0.15, 0.2) is 0 Å². The van der Waals surface area contributed by atoms with Gasteiger partial charge in [0.1, 0.15) is 11.3 Å². The van der Waals surface area contributed by atoms with Crippen LogP contribution in [0.25, 0.3) is 16.8 Å². The number of benzene rings is 5. The topological polar surface area (TPSA) is 46.6 Å². The molecule has 0 aliphatic carbocycles. The molecule has 0 spiro atoms. The molecule has 0 radical (unpaired) electrons. The average molecular weight is 468 g/mol. The molecule has 4 heteroatoms. The summed E-state index contributed by atoms with van der Waals surface area (Å²) in [7, 11) is 0. The Balaban J connectivity index is 1.35. The number of Topliss-reactive ketones (excluding diaryl/α,β-unsaturated/α-hetero) is 1. The number of fused-ring (bicyclic) bond motifs is 2. The van der Waals surface area contributed by atoms with Gasteiger partial charge in [-0.1, -0.05) is 72.8 Å². The van der Waals surface area contributed by atoms with Crippen LogP contribution in [-0.4, -0.2) is 11.8 Å². The Labute approximate surface area is 208 Å². The number of hydrogen-bond acceptors (Lipinski definition) is 4. The maximum Gasteiger partial charge on any atom is 0.347 e. The smallest absolute Gasteiger partial charge is 0.347 e. The maximum atomic E-state index is 13.2. The van der Waals surface area contributed by atoms with E-state index >= 15 is 0 Å². The zero-order valence-electron chi connectivity index (χ0n) is 19.3. The molecule has 1 aliphatic heterocycles. The van der Waals surface area contributed by atoms with E-state index in [1.807, 2.05) is 84.9 Å². The second kappa shape index (κ2) is 9.01. The molecule has 0 saturated carbocycles. The van der Waals surface area contributed by atoms with E-state index in [1.165, 1.54) is 0 Å². The van der Waals surface area contributed by atoms with Crippen LogP contribution in [0.3, 0.4) is 0 Å². The first kappa shape index (κ1) is 21.6. The summed E-state index contributed by atoms with van der Waals surface area (Å²) in [5.74, 6) is -0.661. The van der Waals surface area contributed by atoms with Crippen LogP contribution in [0.5, 0.6) is 5.75 Å². The van der Waals surface area contributed by atoms with Gasteiger partial charge in [0, 0.05) is 17.1 Å². The standard InChI is InChI=1S/C32H21NO3/c34-31-28-20-23-9-7-8-10-24(23)21-30(28)36-32(35)29(31)19-22-15-17-27(18-16-22)33(25-11-3-1-4-12-25)26-13-5-2-6-14-26/h1-21H/b29-19-. The van der Waals surface area contributed by atoms with Crippen molar-refractivity contribution >= 4 is 45.7 Å². The van der Waals surface area contributed by atoms with Crippen molar-refractivity contribution in [2.24, 2.45) is 0 Å². The molecule has 1 aliphatic rings. The first-order valence-electron chi connectivity index (χ1n) is 11.7. The van der Waals surface area contributed by atoms with Crippen molar-refractivity contribution in [3.8, 4) is 5.75 Å². The zero-order chi connectivity index (χ0) is 24.5. The Morgan fingerprint density at radius 3 is 1.72 bits per heavy atom. The van der Waals surface area contributed by atoms with Crippen LogP contribution < -0.4 is 9.64 Å². The number of anilines is 3. The lowest BCUT2D eigenvalue weighted by atomic mass is 9.95. The van der Waals surface area contributed by atoms with E-state index in [1.54, 1.807) is 18.2 Å². The van der Waals surface area contributed by atoms with Crippen LogP contribution in [0.2, 0.25) is 0 Å². The molecule has 0 atom stereocenters. The number of nitrogens with zero attached hydrogens (tertiary/aromatic N) is 1. The lowest BCUT2D eigenvalue weighted by Gasteiger charge is -2.25. The largest absolute Gasteiger partial charge is 0.422 e. The van der Waals surface area contributed by atoms with Gasteiger partial charge >= 0.3 is 5.97 Å². The van der Waals surface area contributed by atoms with Gasteiger partial charge in [0.25, 0.3) is 0 Å². The summed E-state index contributed by atoms with van der Waals surface area (Å²) in [5.41, 5.74) is 4.19. The van der Waals surface area contributed by atoms with Gasteiger partial charge in [-0.15, -0.1) is 0 Å². The van der Waals surface area contributed by atoms with Crippen LogP contribution in [0.1, 0.15) is 15.9 Å². The summed E-state index contributed by atoms with van der Waals surface area (Å²) in [4.78, 5) is 28.1. The van der Waals surface area contributed by atoms with Gasteiger partial charge in [-0.3, -0.25) is 4.79 Å². The van der Waals surface area contributed by atoms with Crippen LogP contribution in [0.15, 0.2) is 127 Å². The predicted octanol–water partition coefficient (Wildman–Crippen LogP) is 7.49. The molecule has 4 nitrogen and oxygen atoms in total. The van der Waals surface area contributed by atoms with Crippen molar-refractivity contribution in [2.45, 2.75) is 0 Å². The van der Waals surface area contributed by atoms with E-state index in [4.69, 9.17) is 4.74 Å². The second-order valence-electron chi connectivity index (χ2n) is 8.57. The number of carbonyl (C=O) groups is 2. The summed E-state index contributed by atoms with van der Waals surface area (Å²) < 4.78 is 5.54. The van der Waals surface area contributed by atoms with Gasteiger partial charge in [0.05, 0.1) is 5.56 Å². The molecule has 0 N–H and O–H groups in total. The van der Waals surface area contributed by atoms with E-state index in [2.05, 4.69) is 29.2 Å². The number of ketones is 1. The van der Waals surface area contributed by atoms with Gasteiger partial charge in [0.2, 0.25) is 5.78 Å². The van der Waals surface area contributed by atoms with E-state index < -0.39 is 5.97 Å². The number of ether oxygens (including phenoxy) is 1. The molecule has 0 fully saturated rings. The first-order chi connectivity index (χ1) is 17.7. The molecular formula is C32H21NO3. The molecular weight excluding hydrogens is 446 g/mol. The van der Waals surface area contributed by atoms with E-state index in [-0.39, 0.29) is 11.4 Å². The quantitative estimate of drug-likeness (QED) is 0.119. The molecule has 0 aromatic heterocycles. The minimum atomic E-state index is -0.637. The predicted molar refractivity (Wildman–Crippen MR) is 143 cm³/mol. The third-order valence-electron chi connectivity index (χ3n) is 6.25. The van der Waals surface area contributed by atoms with Crippen molar-refractivity contribution in [3.63, 3.8) is 0 Å². The SMILES string of the molecule is O=C1Oc2cc3ccccc3cc2C(=O)/C1=C/c1ccc(N(c2ccccc2)c2ccccc2)cc1. The Morgan fingerprint density at radius 2 is 1.11 bits per heavy atom. The fraction of sp³-hybridized carbons (Fsp3) is 0. The van der Waals surface area contributed by atoms with Crippen molar-refractivity contribution in [2.75, 3.05) is 4.90 Å². The third-order valence-corrected chi connectivity index (χ3v) is 6.25. The highest BCUT2D eigenvalue weighted by Gasteiger charge is 2.31. The highest BCUT2D eigenvalue weighted by atomic mass is 16.5. The lowest BCUT2D eigenvalue weighted by Crippen LogP contribution is -2.25. The Hall–Kier alpha value is -4.96. The highest BCUT2D eigenvalue weighted by molar-refractivity contribution is 6.30. The van der Waals surface area contributed by atoms with Gasteiger partial charge in [-0.05, 0) is 70.9 Å². The Morgan fingerprint density at radius 1 is 0.583 bits per heavy atom. The first-order valence-corrected chi connectivity index (χ1v) is 11.7. The zero-order valence-corrected chi connectivity index (χ0v) is 19.3. The molecule has 0 amide bonds. The average Bonchev–Trinajstić information content (AvgIpc) is 2.92. The molecule has 5 aromatic rings. The van der Waals surface area contributed by atoms with Crippen molar-refractivity contribution in [1.29, 1.82) is 0 Å². The number of rotatable bonds is 4. The molecule has 172 valence electrons. The summed E-state index contributed by atoms with van der Waals surface area (Å²) in [6.07, 6.45) is 1.60.